The van der Waals surface area contributed by atoms with Crippen molar-refractivity contribution >= 4 is 23.5 Å². The fourth-order valence-electron chi connectivity index (χ4n) is 4.11. The van der Waals surface area contributed by atoms with Crippen LogP contribution in [0.5, 0.6) is 0 Å². The summed E-state index contributed by atoms with van der Waals surface area (Å²) >= 11 is 1.67. The summed E-state index contributed by atoms with van der Waals surface area (Å²) in [5.74, 6) is -0.596. The smallest absolute Gasteiger partial charge is 0.336 e. The van der Waals surface area contributed by atoms with Crippen LogP contribution in [0.2, 0.25) is 0 Å². The highest BCUT2D eigenvalue weighted by Gasteiger charge is 2.43. The van der Waals surface area contributed by atoms with Gasteiger partial charge in [-0.2, -0.15) is 0 Å². The van der Waals surface area contributed by atoms with E-state index in [-0.39, 0.29) is 23.1 Å². The number of Topliss-reactive ketones (excluding diaryl/α,β-unsaturated/α-hetero) is 1. The summed E-state index contributed by atoms with van der Waals surface area (Å²) in [5, 5.41) is 3.37. The zero-order valence-corrected chi connectivity index (χ0v) is 18.2. The average molecular weight is 400 g/mol. The lowest BCUT2D eigenvalue weighted by Crippen LogP contribution is -2.38. The first-order chi connectivity index (χ1) is 13.3. The van der Waals surface area contributed by atoms with Crippen molar-refractivity contribution in [3.05, 3.63) is 52.4 Å². The zero-order chi connectivity index (χ0) is 20.5. The van der Waals surface area contributed by atoms with Crippen LogP contribution in [0.15, 0.2) is 51.7 Å². The number of nitrogens with one attached hydrogen (secondary N) is 1. The minimum Gasteiger partial charge on any atom is -0.462 e. The minimum atomic E-state index is -0.375. The molecule has 1 aromatic carbocycles. The monoisotopic (exact) mass is 399 g/mol. The third-order valence-electron chi connectivity index (χ3n) is 5.35. The molecule has 150 valence electrons. The maximum atomic E-state index is 13.2. The van der Waals surface area contributed by atoms with Crippen LogP contribution < -0.4 is 5.32 Å². The highest BCUT2D eigenvalue weighted by atomic mass is 32.2. The lowest BCUT2D eigenvalue weighted by Gasteiger charge is -2.39. The van der Waals surface area contributed by atoms with Crippen molar-refractivity contribution in [2.24, 2.45) is 5.41 Å². The second-order valence-electron chi connectivity index (χ2n) is 8.34. The molecule has 0 aromatic heterocycles. The van der Waals surface area contributed by atoms with Gasteiger partial charge < -0.3 is 10.1 Å². The number of hydrogen-bond donors (Lipinski definition) is 1. The fraction of sp³-hybridized carbons (Fsp3) is 0.478. The molecule has 28 heavy (non-hydrogen) atoms. The molecule has 1 heterocycles. The summed E-state index contributed by atoms with van der Waals surface area (Å²) in [4.78, 5) is 27.2. The van der Waals surface area contributed by atoms with Gasteiger partial charge in [-0.3, -0.25) is 4.79 Å². The highest BCUT2D eigenvalue weighted by Crippen LogP contribution is 2.46. The van der Waals surface area contributed by atoms with Crippen molar-refractivity contribution in [1.82, 2.24) is 5.32 Å². The van der Waals surface area contributed by atoms with Crippen LogP contribution in [0, 0.1) is 5.41 Å². The Morgan fingerprint density at radius 3 is 2.54 bits per heavy atom. The van der Waals surface area contributed by atoms with E-state index in [1.807, 2.05) is 44.4 Å². The topological polar surface area (TPSA) is 55.4 Å². The van der Waals surface area contributed by atoms with Gasteiger partial charge in [0, 0.05) is 34.2 Å². The number of thioether (sulfide) groups is 1. The largest absolute Gasteiger partial charge is 0.462 e. The number of esters is 1. The predicted octanol–water partition coefficient (Wildman–Crippen LogP) is 4.97. The van der Waals surface area contributed by atoms with Crippen LogP contribution in [0.3, 0.4) is 0 Å². The molecular formula is C23H29NO3S. The first-order valence-corrected chi connectivity index (χ1v) is 11.0. The number of hydrogen-bond acceptors (Lipinski definition) is 5. The van der Waals surface area contributed by atoms with Crippen LogP contribution in [-0.4, -0.2) is 24.6 Å². The molecule has 0 saturated heterocycles. The first kappa shape index (κ1) is 20.7. The molecular weight excluding hydrogens is 370 g/mol. The molecule has 0 bridgehead atoms. The number of carbonyl (C=O) groups is 2. The lowest BCUT2D eigenvalue weighted by molar-refractivity contribution is -0.139. The van der Waals surface area contributed by atoms with Gasteiger partial charge in [0.1, 0.15) is 0 Å². The normalized spacial score (nSPS) is 21.3. The van der Waals surface area contributed by atoms with Gasteiger partial charge in [0.25, 0.3) is 0 Å². The van der Waals surface area contributed by atoms with E-state index < -0.39 is 0 Å². The Morgan fingerprint density at radius 2 is 1.93 bits per heavy atom. The van der Waals surface area contributed by atoms with Crippen molar-refractivity contribution in [3.8, 4) is 0 Å². The molecule has 1 aliphatic heterocycles. The molecule has 0 spiro atoms. The highest BCUT2D eigenvalue weighted by molar-refractivity contribution is 7.98. The van der Waals surface area contributed by atoms with Gasteiger partial charge in [-0.1, -0.05) is 32.9 Å². The Labute approximate surface area is 171 Å². The third kappa shape index (κ3) is 4.04. The van der Waals surface area contributed by atoms with E-state index in [4.69, 9.17) is 4.74 Å². The molecule has 0 amide bonds. The number of benzene rings is 1. The molecule has 0 fully saturated rings. The van der Waals surface area contributed by atoms with Crippen molar-refractivity contribution in [1.29, 1.82) is 0 Å². The number of dihydropyridines is 1. The third-order valence-corrected chi connectivity index (χ3v) is 6.09. The van der Waals surface area contributed by atoms with Gasteiger partial charge in [0.15, 0.2) is 5.78 Å². The van der Waals surface area contributed by atoms with Gasteiger partial charge in [-0.05, 0) is 49.1 Å². The maximum absolute atomic E-state index is 13.2. The molecule has 2 aliphatic rings. The number of ketones is 1. The zero-order valence-electron chi connectivity index (χ0n) is 17.3. The second-order valence-corrected chi connectivity index (χ2v) is 9.22. The van der Waals surface area contributed by atoms with Gasteiger partial charge in [0.05, 0.1) is 12.2 Å². The van der Waals surface area contributed by atoms with E-state index in [2.05, 4.69) is 19.2 Å². The minimum absolute atomic E-state index is 0.0866. The molecule has 1 atom stereocenters. The van der Waals surface area contributed by atoms with Gasteiger partial charge in [0.2, 0.25) is 0 Å². The number of ether oxygens (including phenoxy) is 1. The summed E-state index contributed by atoms with van der Waals surface area (Å²) in [7, 11) is 0. The predicted molar refractivity (Wildman–Crippen MR) is 113 cm³/mol. The van der Waals surface area contributed by atoms with Crippen molar-refractivity contribution in [2.45, 2.75) is 57.8 Å². The van der Waals surface area contributed by atoms with E-state index in [9.17, 15) is 9.59 Å². The van der Waals surface area contributed by atoms with Crippen LogP contribution >= 0.6 is 11.8 Å². The lowest BCUT2D eigenvalue weighted by atomic mass is 9.68. The van der Waals surface area contributed by atoms with Crippen LogP contribution in [0.4, 0.5) is 0 Å². The van der Waals surface area contributed by atoms with Gasteiger partial charge in [-0.15, -0.1) is 11.8 Å². The van der Waals surface area contributed by atoms with Crippen molar-refractivity contribution in [2.75, 3.05) is 12.9 Å². The Balaban J connectivity index is 2.11. The molecule has 5 heteroatoms. The standard InChI is InChI=1S/C23H29NO3S/c1-6-11-27-22(26)19-14(2)24-17-12-23(3,4)13-18(25)21(17)20(19)15-7-9-16(28-5)10-8-15/h7-10,20,24H,6,11-13H2,1-5H3. The van der Waals surface area contributed by atoms with Gasteiger partial charge in [-0.25, -0.2) is 4.79 Å². The quantitative estimate of drug-likeness (QED) is 0.560. The Hall–Kier alpha value is -2.01. The Morgan fingerprint density at radius 1 is 1.25 bits per heavy atom. The van der Waals surface area contributed by atoms with Crippen LogP contribution in [-0.2, 0) is 14.3 Å². The molecule has 1 aliphatic carbocycles. The first-order valence-electron chi connectivity index (χ1n) is 9.82. The van der Waals surface area contributed by atoms with E-state index in [0.29, 0.717) is 18.6 Å². The summed E-state index contributed by atoms with van der Waals surface area (Å²) in [5.41, 5.74) is 3.88. The maximum Gasteiger partial charge on any atom is 0.336 e. The van der Waals surface area contributed by atoms with Crippen molar-refractivity contribution in [3.63, 3.8) is 0 Å². The van der Waals surface area contributed by atoms with Crippen LogP contribution in [0.1, 0.15) is 58.4 Å². The fourth-order valence-corrected chi connectivity index (χ4v) is 4.52. The number of rotatable bonds is 5. The summed E-state index contributed by atoms with van der Waals surface area (Å²) < 4.78 is 5.48. The van der Waals surface area contributed by atoms with E-state index in [1.54, 1.807) is 11.8 Å². The van der Waals surface area contributed by atoms with Crippen LogP contribution in [0.25, 0.3) is 0 Å². The molecule has 4 nitrogen and oxygen atoms in total. The molecule has 1 N–H and O–H groups in total. The second kappa shape index (κ2) is 8.16. The summed E-state index contributed by atoms with van der Waals surface area (Å²) in [6.45, 7) is 8.48. The van der Waals surface area contributed by atoms with Crippen molar-refractivity contribution < 1.29 is 14.3 Å². The molecule has 3 rings (SSSR count). The Bertz CT molecular complexity index is 849. The Kier molecular flexibility index (Phi) is 6.04. The van der Waals surface area contributed by atoms with E-state index >= 15 is 0 Å². The van der Waals surface area contributed by atoms with E-state index in [0.717, 1.165) is 40.3 Å². The molecule has 1 unspecified atom stereocenters. The summed E-state index contributed by atoms with van der Waals surface area (Å²) in [6, 6.07) is 8.15. The summed E-state index contributed by atoms with van der Waals surface area (Å²) in [6.07, 6.45) is 4.08. The van der Waals surface area contributed by atoms with Gasteiger partial charge >= 0.3 is 5.97 Å². The van der Waals surface area contributed by atoms with E-state index in [1.165, 1.54) is 0 Å². The molecule has 0 radical (unpaired) electrons. The molecule has 1 aromatic rings. The SMILES string of the molecule is CCCOC(=O)C1=C(C)NC2=C(C(=O)CC(C)(C)C2)C1c1ccc(SC)cc1. The molecule has 0 saturated carbocycles. The number of allylic oxidation sites excluding steroid dienone is 3. The average Bonchev–Trinajstić information content (AvgIpc) is 2.64. The number of carbonyl (C=O) groups excluding carboxylic acids is 2.